The molecule has 3 nitrogen and oxygen atoms in total. The molecule has 2 aromatic carbocycles. The summed E-state index contributed by atoms with van der Waals surface area (Å²) in [7, 11) is 0. The zero-order chi connectivity index (χ0) is 15.4. The van der Waals surface area contributed by atoms with Crippen LogP contribution in [0.4, 0.5) is 0 Å². The molecule has 0 aliphatic heterocycles. The van der Waals surface area contributed by atoms with Gasteiger partial charge in [0.05, 0.1) is 28.3 Å². The summed E-state index contributed by atoms with van der Waals surface area (Å²) < 4.78 is 0.683. The molecule has 0 aliphatic carbocycles. The monoisotopic (exact) mass is 362 g/mol. The molecule has 1 unspecified atom stereocenters. The average Bonchev–Trinajstić information content (AvgIpc) is 2.50. The van der Waals surface area contributed by atoms with Crippen LogP contribution in [-0.4, -0.2) is 5.91 Å². The molecule has 2 rings (SSSR count). The van der Waals surface area contributed by atoms with Crippen molar-refractivity contribution < 1.29 is 4.79 Å². The van der Waals surface area contributed by atoms with Crippen molar-refractivity contribution in [2.45, 2.75) is 13.0 Å². The van der Waals surface area contributed by atoms with Gasteiger partial charge in [-0.05, 0) is 52.7 Å². The third-order valence-corrected chi connectivity index (χ3v) is 4.38. The molecule has 1 atom stereocenters. The minimum atomic E-state index is -0.238. The summed E-state index contributed by atoms with van der Waals surface area (Å²) >= 11 is 9.41. The van der Waals surface area contributed by atoms with E-state index in [2.05, 4.69) is 27.3 Å². The molecule has 0 saturated carbocycles. The molecule has 2 aromatic rings. The van der Waals surface area contributed by atoms with E-state index in [-0.39, 0.29) is 11.9 Å². The van der Waals surface area contributed by atoms with Crippen LogP contribution in [0.1, 0.15) is 34.5 Å². The van der Waals surface area contributed by atoms with Crippen LogP contribution >= 0.6 is 27.5 Å². The second-order valence-electron chi connectivity index (χ2n) is 4.53. The predicted molar refractivity (Wildman–Crippen MR) is 86.2 cm³/mol. The van der Waals surface area contributed by atoms with Gasteiger partial charge in [0.1, 0.15) is 0 Å². The Hall–Kier alpha value is -1.83. The normalized spacial score (nSPS) is 11.5. The van der Waals surface area contributed by atoms with Gasteiger partial charge in [-0.25, -0.2) is 0 Å². The lowest BCUT2D eigenvalue weighted by Gasteiger charge is -2.15. The summed E-state index contributed by atoms with van der Waals surface area (Å²) in [5.74, 6) is -0.238. The van der Waals surface area contributed by atoms with Crippen LogP contribution in [-0.2, 0) is 0 Å². The van der Waals surface area contributed by atoms with Crippen LogP contribution in [0.15, 0.2) is 46.9 Å². The van der Waals surface area contributed by atoms with Gasteiger partial charge in [-0.15, -0.1) is 0 Å². The van der Waals surface area contributed by atoms with Gasteiger partial charge in [-0.3, -0.25) is 4.79 Å². The second-order valence-corrected chi connectivity index (χ2v) is 5.76. The molecule has 0 aliphatic rings. The average molecular weight is 364 g/mol. The molecule has 0 fully saturated rings. The van der Waals surface area contributed by atoms with E-state index in [9.17, 15) is 4.79 Å². The van der Waals surface area contributed by atoms with Crippen molar-refractivity contribution in [1.29, 1.82) is 5.26 Å². The summed E-state index contributed by atoms with van der Waals surface area (Å²) in [6, 6.07) is 14.2. The summed E-state index contributed by atoms with van der Waals surface area (Å²) in [5, 5.41) is 12.1. The first-order valence-corrected chi connectivity index (χ1v) is 7.45. The highest BCUT2D eigenvalue weighted by molar-refractivity contribution is 9.10. The molecule has 5 heteroatoms. The number of halogens is 2. The highest BCUT2D eigenvalue weighted by Gasteiger charge is 2.15. The van der Waals surface area contributed by atoms with Crippen molar-refractivity contribution in [3.05, 3.63) is 68.7 Å². The molecule has 1 N–H and O–H groups in total. The number of benzene rings is 2. The minimum Gasteiger partial charge on any atom is -0.345 e. The van der Waals surface area contributed by atoms with Gasteiger partial charge in [0.25, 0.3) is 5.91 Å². The van der Waals surface area contributed by atoms with Gasteiger partial charge in [0, 0.05) is 4.47 Å². The van der Waals surface area contributed by atoms with Crippen molar-refractivity contribution in [3.8, 4) is 6.07 Å². The van der Waals surface area contributed by atoms with Crippen LogP contribution in [0.3, 0.4) is 0 Å². The molecule has 0 saturated heterocycles. The number of carbonyl (C=O) groups is 1. The zero-order valence-electron chi connectivity index (χ0n) is 11.2. The molecule has 0 radical (unpaired) electrons. The van der Waals surface area contributed by atoms with Crippen LogP contribution in [0, 0.1) is 11.3 Å². The number of nitrogens with one attached hydrogen (secondary N) is 1. The molecule has 1 amide bonds. The van der Waals surface area contributed by atoms with Crippen LogP contribution < -0.4 is 5.32 Å². The lowest BCUT2D eigenvalue weighted by atomic mass is 10.1. The van der Waals surface area contributed by atoms with Gasteiger partial charge in [-0.2, -0.15) is 5.26 Å². The summed E-state index contributed by atoms with van der Waals surface area (Å²) in [6.07, 6.45) is 0. The summed E-state index contributed by atoms with van der Waals surface area (Å²) in [6.45, 7) is 1.88. The van der Waals surface area contributed by atoms with E-state index in [4.69, 9.17) is 16.9 Å². The lowest BCUT2D eigenvalue weighted by Crippen LogP contribution is -2.26. The van der Waals surface area contributed by atoms with Crippen LogP contribution in [0.25, 0.3) is 0 Å². The third kappa shape index (κ3) is 3.63. The number of rotatable bonds is 3. The summed E-state index contributed by atoms with van der Waals surface area (Å²) in [4.78, 5) is 12.3. The smallest absolute Gasteiger partial charge is 0.253 e. The van der Waals surface area contributed by atoms with E-state index in [0.29, 0.717) is 20.6 Å². The molecular weight excluding hydrogens is 352 g/mol. The number of nitrogens with zero attached hydrogens (tertiary/aromatic N) is 1. The Morgan fingerprint density at radius 3 is 2.57 bits per heavy atom. The number of hydrogen-bond acceptors (Lipinski definition) is 2. The van der Waals surface area contributed by atoms with Crippen LogP contribution in [0.5, 0.6) is 0 Å². The molecule has 0 spiro atoms. The first kappa shape index (κ1) is 15.6. The van der Waals surface area contributed by atoms with Crippen molar-refractivity contribution in [3.63, 3.8) is 0 Å². The first-order chi connectivity index (χ1) is 10.0. The number of carbonyl (C=O) groups excluding carboxylic acids is 1. The van der Waals surface area contributed by atoms with Gasteiger partial charge in [-0.1, -0.05) is 29.8 Å². The van der Waals surface area contributed by atoms with Crippen molar-refractivity contribution >= 4 is 33.4 Å². The van der Waals surface area contributed by atoms with Gasteiger partial charge >= 0.3 is 0 Å². The van der Waals surface area contributed by atoms with E-state index in [1.54, 1.807) is 30.3 Å². The van der Waals surface area contributed by atoms with Crippen molar-refractivity contribution in [1.82, 2.24) is 5.32 Å². The molecular formula is C16H12BrClN2O. The molecule has 0 aromatic heterocycles. The Morgan fingerprint density at radius 2 is 1.95 bits per heavy atom. The van der Waals surface area contributed by atoms with Gasteiger partial charge < -0.3 is 5.32 Å². The SMILES string of the molecule is CC(NC(=O)c1cccc(Br)c1Cl)c1ccc(C#N)cc1. The third-order valence-electron chi connectivity index (χ3n) is 3.08. The van der Waals surface area contributed by atoms with Crippen molar-refractivity contribution in [2.75, 3.05) is 0 Å². The molecule has 21 heavy (non-hydrogen) atoms. The Bertz CT molecular complexity index is 707. The second kappa shape index (κ2) is 6.75. The number of hydrogen-bond donors (Lipinski definition) is 1. The van der Waals surface area contributed by atoms with E-state index in [1.807, 2.05) is 19.1 Å². The highest BCUT2D eigenvalue weighted by atomic mass is 79.9. The van der Waals surface area contributed by atoms with Crippen molar-refractivity contribution in [2.24, 2.45) is 0 Å². The quantitative estimate of drug-likeness (QED) is 0.875. The van der Waals surface area contributed by atoms with Gasteiger partial charge in [0.15, 0.2) is 0 Å². The van der Waals surface area contributed by atoms with E-state index in [0.717, 1.165) is 5.56 Å². The fraction of sp³-hybridized carbons (Fsp3) is 0.125. The fourth-order valence-electron chi connectivity index (χ4n) is 1.88. The highest BCUT2D eigenvalue weighted by Crippen LogP contribution is 2.26. The number of nitriles is 1. The maximum Gasteiger partial charge on any atom is 0.253 e. The van der Waals surface area contributed by atoms with E-state index < -0.39 is 0 Å². The van der Waals surface area contributed by atoms with Gasteiger partial charge in [0.2, 0.25) is 0 Å². The maximum absolute atomic E-state index is 12.3. The Balaban J connectivity index is 2.15. The van der Waals surface area contributed by atoms with Crippen LogP contribution in [0.2, 0.25) is 5.02 Å². The predicted octanol–water partition coefficient (Wildman–Crippen LogP) is 4.47. The molecule has 0 bridgehead atoms. The fourth-order valence-corrected chi connectivity index (χ4v) is 2.46. The lowest BCUT2D eigenvalue weighted by molar-refractivity contribution is 0.0940. The Kier molecular flexibility index (Phi) is 5.00. The van der Waals surface area contributed by atoms with E-state index in [1.165, 1.54) is 0 Å². The minimum absolute atomic E-state index is 0.180. The summed E-state index contributed by atoms with van der Waals surface area (Å²) in [5.41, 5.74) is 1.94. The Morgan fingerprint density at radius 1 is 1.29 bits per heavy atom. The first-order valence-electron chi connectivity index (χ1n) is 6.28. The van der Waals surface area contributed by atoms with E-state index >= 15 is 0 Å². The standard InChI is InChI=1S/C16H12BrClN2O/c1-10(12-7-5-11(9-19)6-8-12)20-16(21)13-3-2-4-14(17)15(13)18/h2-8,10H,1H3,(H,20,21). The Labute approximate surface area is 136 Å². The molecule has 106 valence electrons. The number of amides is 1. The topological polar surface area (TPSA) is 52.9 Å². The zero-order valence-corrected chi connectivity index (χ0v) is 13.6. The maximum atomic E-state index is 12.3. The molecule has 0 heterocycles. The largest absolute Gasteiger partial charge is 0.345 e.